The van der Waals surface area contributed by atoms with Crippen LogP contribution in [-0.4, -0.2) is 17.3 Å². The Bertz CT molecular complexity index is 356. The summed E-state index contributed by atoms with van der Waals surface area (Å²) >= 11 is 0. The molecule has 0 saturated heterocycles. The first-order valence-corrected chi connectivity index (χ1v) is 4.09. The molecule has 0 aromatic heterocycles. The largest absolute Gasteiger partial charge is 0.303 e. The van der Waals surface area contributed by atoms with E-state index in [-0.39, 0.29) is 12.3 Å². The molecule has 0 radical (unpaired) electrons. The van der Waals surface area contributed by atoms with E-state index in [4.69, 9.17) is 5.84 Å². The van der Waals surface area contributed by atoms with Gasteiger partial charge in [-0.05, 0) is 5.56 Å². The van der Waals surface area contributed by atoms with Crippen molar-refractivity contribution in [3.8, 4) is 0 Å². The fourth-order valence-corrected chi connectivity index (χ4v) is 1.39. The van der Waals surface area contributed by atoms with Gasteiger partial charge in [0.05, 0.1) is 12.2 Å². The van der Waals surface area contributed by atoms with E-state index in [1.165, 1.54) is 5.01 Å². The molecule has 13 heavy (non-hydrogen) atoms. The molecule has 0 bridgehead atoms. The summed E-state index contributed by atoms with van der Waals surface area (Å²) in [6.07, 6.45) is 1.58. The highest BCUT2D eigenvalue weighted by molar-refractivity contribution is 6.02. The second-order valence-electron chi connectivity index (χ2n) is 2.99. The summed E-state index contributed by atoms with van der Waals surface area (Å²) in [4.78, 5) is 11.0. The second kappa shape index (κ2) is 3.03. The molecule has 0 atom stereocenters. The van der Waals surface area contributed by atoms with Crippen LogP contribution in [0.15, 0.2) is 36.4 Å². The van der Waals surface area contributed by atoms with E-state index in [2.05, 4.69) is 0 Å². The van der Waals surface area contributed by atoms with Gasteiger partial charge in [0, 0.05) is 6.08 Å². The highest BCUT2D eigenvalue weighted by Crippen LogP contribution is 2.19. The summed E-state index contributed by atoms with van der Waals surface area (Å²) in [6, 6.07) is 9.65. The van der Waals surface area contributed by atoms with Crippen LogP contribution in [0.4, 0.5) is 0 Å². The van der Waals surface area contributed by atoms with E-state index in [0.29, 0.717) is 0 Å². The van der Waals surface area contributed by atoms with Crippen LogP contribution in [0, 0.1) is 0 Å². The maximum atomic E-state index is 11.0. The van der Waals surface area contributed by atoms with Crippen molar-refractivity contribution in [2.24, 2.45) is 5.84 Å². The molecular formula is C10H10N2O. The average Bonchev–Trinajstić information content (AvgIpc) is 2.47. The third-order valence-electron chi connectivity index (χ3n) is 2.00. The minimum Gasteiger partial charge on any atom is -0.303 e. The minimum atomic E-state index is 0.0568. The van der Waals surface area contributed by atoms with Crippen molar-refractivity contribution in [3.63, 3.8) is 0 Å². The number of carbonyl (C=O) groups excluding carboxylic acids is 1. The van der Waals surface area contributed by atoms with Crippen LogP contribution in [0.25, 0.3) is 5.70 Å². The number of rotatable bonds is 1. The summed E-state index contributed by atoms with van der Waals surface area (Å²) in [5, 5.41) is 1.47. The van der Waals surface area contributed by atoms with Gasteiger partial charge in [0.25, 0.3) is 0 Å². The SMILES string of the molecule is NN1CC(=O)C=C1c1ccccc1. The Labute approximate surface area is 76.4 Å². The lowest BCUT2D eigenvalue weighted by atomic mass is 10.1. The predicted octanol–water partition coefficient (Wildman–Crippen LogP) is 0.786. The molecule has 1 aliphatic heterocycles. The quantitative estimate of drug-likeness (QED) is 0.640. The molecular weight excluding hydrogens is 164 g/mol. The highest BCUT2D eigenvalue weighted by atomic mass is 16.1. The summed E-state index contributed by atoms with van der Waals surface area (Å²) in [6.45, 7) is 0.282. The van der Waals surface area contributed by atoms with Gasteiger partial charge in [0.1, 0.15) is 0 Å². The standard InChI is InChI=1S/C10H10N2O/c11-12-7-9(13)6-10(12)8-4-2-1-3-5-8/h1-6H,7,11H2. The molecule has 66 valence electrons. The van der Waals surface area contributed by atoms with E-state index in [1.807, 2.05) is 30.3 Å². The van der Waals surface area contributed by atoms with E-state index in [0.717, 1.165) is 11.3 Å². The number of carbonyl (C=O) groups is 1. The first-order valence-electron chi connectivity index (χ1n) is 4.09. The van der Waals surface area contributed by atoms with Crippen LogP contribution in [-0.2, 0) is 4.79 Å². The third-order valence-corrected chi connectivity index (χ3v) is 2.00. The Balaban J connectivity index is 2.37. The van der Waals surface area contributed by atoms with Gasteiger partial charge >= 0.3 is 0 Å². The van der Waals surface area contributed by atoms with Crippen LogP contribution < -0.4 is 5.84 Å². The van der Waals surface area contributed by atoms with Crippen LogP contribution >= 0.6 is 0 Å². The molecule has 3 heteroatoms. The van der Waals surface area contributed by atoms with Crippen molar-refractivity contribution < 1.29 is 4.79 Å². The Hall–Kier alpha value is -1.61. The Morgan fingerprint density at radius 2 is 1.92 bits per heavy atom. The zero-order chi connectivity index (χ0) is 9.26. The number of hydrazine groups is 1. The van der Waals surface area contributed by atoms with Crippen molar-refractivity contribution in [2.45, 2.75) is 0 Å². The van der Waals surface area contributed by atoms with E-state index in [9.17, 15) is 4.79 Å². The van der Waals surface area contributed by atoms with Gasteiger partial charge in [-0.15, -0.1) is 0 Å². The molecule has 0 aliphatic carbocycles. The molecule has 2 rings (SSSR count). The Morgan fingerprint density at radius 3 is 2.46 bits per heavy atom. The lowest BCUT2D eigenvalue weighted by molar-refractivity contribution is -0.114. The number of nitrogens with zero attached hydrogens (tertiary/aromatic N) is 1. The number of hydrogen-bond acceptors (Lipinski definition) is 3. The fraction of sp³-hybridized carbons (Fsp3) is 0.100. The Kier molecular flexibility index (Phi) is 1.87. The van der Waals surface area contributed by atoms with Gasteiger partial charge in [0.2, 0.25) is 0 Å². The molecule has 2 N–H and O–H groups in total. The van der Waals surface area contributed by atoms with Gasteiger partial charge in [-0.3, -0.25) is 4.79 Å². The molecule has 3 nitrogen and oxygen atoms in total. The predicted molar refractivity (Wildman–Crippen MR) is 50.3 cm³/mol. The summed E-state index contributed by atoms with van der Waals surface area (Å²) in [7, 11) is 0. The first-order chi connectivity index (χ1) is 6.27. The molecule has 0 spiro atoms. The van der Waals surface area contributed by atoms with Gasteiger partial charge in [-0.1, -0.05) is 30.3 Å². The van der Waals surface area contributed by atoms with Crippen molar-refractivity contribution >= 4 is 11.5 Å². The molecule has 1 aromatic carbocycles. The van der Waals surface area contributed by atoms with E-state index < -0.39 is 0 Å². The van der Waals surface area contributed by atoms with Crippen molar-refractivity contribution in [2.75, 3.05) is 6.54 Å². The average molecular weight is 174 g/mol. The topological polar surface area (TPSA) is 46.3 Å². The number of ketones is 1. The molecule has 1 heterocycles. The maximum absolute atomic E-state index is 11.0. The van der Waals surface area contributed by atoms with Crippen LogP contribution in [0.1, 0.15) is 5.56 Å². The van der Waals surface area contributed by atoms with Crippen molar-refractivity contribution in [3.05, 3.63) is 42.0 Å². The van der Waals surface area contributed by atoms with Crippen LogP contribution in [0.5, 0.6) is 0 Å². The smallest absolute Gasteiger partial charge is 0.178 e. The van der Waals surface area contributed by atoms with Gasteiger partial charge < -0.3 is 5.01 Å². The molecule has 0 unspecified atom stereocenters. The number of nitrogens with two attached hydrogens (primary N) is 1. The van der Waals surface area contributed by atoms with Gasteiger partial charge in [-0.2, -0.15) is 0 Å². The minimum absolute atomic E-state index is 0.0568. The van der Waals surface area contributed by atoms with Crippen molar-refractivity contribution in [1.82, 2.24) is 5.01 Å². The number of hydrogen-bond donors (Lipinski definition) is 1. The molecule has 1 aromatic rings. The first kappa shape index (κ1) is 8.01. The molecule has 0 amide bonds. The fourth-order valence-electron chi connectivity index (χ4n) is 1.39. The zero-order valence-electron chi connectivity index (χ0n) is 7.10. The lowest BCUT2D eigenvalue weighted by Crippen LogP contribution is -2.28. The Morgan fingerprint density at radius 1 is 1.23 bits per heavy atom. The summed E-state index contributed by atoms with van der Waals surface area (Å²) in [5.74, 6) is 5.70. The maximum Gasteiger partial charge on any atom is 0.178 e. The summed E-state index contributed by atoms with van der Waals surface area (Å²) < 4.78 is 0. The molecule has 1 aliphatic rings. The van der Waals surface area contributed by atoms with Crippen molar-refractivity contribution in [1.29, 1.82) is 0 Å². The molecule has 0 fully saturated rings. The number of benzene rings is 1. The van der Waals surface area contributed by atoms with E-state index in [1.54, 1.807) is 6.08 Å². The lowest BCUT2D eigenvalue weighted by Gasteiger charge is -2.14. The zero-order valence-corrected chi connectivity index (χ0v) is 7.10. The van der Waals surface area contributed by atoms with Gasteiger partial charge in [-0.25, -0.2) is 5.84 Å². The van der Waals surface area contributed by atoms with Crippen LogP contribution in [0.3, 0.4) is 0 Å². The normalized spacial score (nSPS) is 16.2. The molecule has 0 saturated carbocycles. The van der Waals surface area contributed by atoms with E-state index >= 15 is 0 Å². The van der Waals surface area contributed by atoms with Gasteiger partial charge in [0.15, 0.2) is 5.78 Å². The summed E-state index contributed by atoms with van der Waals surface area (Å²) in [5.41, 5.74) is 1.78. The third kappa shape index (κ3) is 1.46. The monoisotopic (exact) mass is 174 g/mol. The second-order valence-corrected chi connectivity index (χ2v) is 2.99. The van der Waals surface area contributed by atoms with Crippen LogP contribution in [0.2, 0.25) is 0 Å². The highest BCUT2D eigenvalue weighted by Gasteiger charge is 2.18.